The molecule has 1 saturated heterocycles. The Labute approximate surface area is 128 Å². The lowest BCUT2D eigenvalue weighted by Gasteiger charge is -2.33. The summed E-state index contributed by atoms with van der Waals surface area (Å²) in [7, 11) is 1.92. The second-order valence-corrected chi connectivity index (χ2v) is 5.84. The average molecular weight is 291 g/mol. The van der Waals surface area contributed by atoms with Gasteiger partial charge in [-0.05, 0) is 39.3 Å². The molecule has 0 spiro atoms. The molecule has 0 radical (unpaired) electrons. The highest BCUT2D eigenvalue weighted by Gasteiger charge is 2.20. The van der Waals surface area contributed by atoms with Crippen LogP contribution in [0.2, 0.25) is 0 Å². The molecule has 1 aliphatic heterocycles. The number of likely N-dealkylation sites (N-methyl/N-ethyl adjacent to an activating group) is 1. The first-order valence-corrected chi connectivity index (χ1v) is 8.22. The van der Waals surface area contributed by atoms with Crippen LogP contribution < -0.4 is 10.6 Å². The molecular formula is C16H29N5. The summed E-state index contributed by atoms with van der Waals surface area (Å²) in [6.45, 7) is 9.94. The zero-order valence-corrected chi connectivity index (χ0v) is 13.9. The van der Waals surface area contributed by atoms with Gasteiger partial charge in [-0.2, -0.15) is 0 Å². The third kappa shape index (κ3) is 4.06. The number of hydrogen-bond acceptors (Lipinski definition) is 5. The number of rotatable bonds is 6. The highest BCUT2D eigenvalue weighted by Crippen LogP contribution is 2.23. The second kappa shape index (κ2) is 7.59. The van der Waals surface area contributed by atoms with E-state index in [0.29, 0.717) is 6.04 Å². The molecule has 0 amide bonds. The first kappa shape index (κ1) is 16.0. The number of nitrogens with one attached hydrogen (secondary N) is 2. The van der Waals surface area contributed by atoms with E-state index in [-0.39, 0.29) is 0 Å². The van der Waals surface area contributed by atoms with Gasteiger partial charge in [-0.1, -0.05) is 13.8 Å². The standard InChI is InChI=1S/C16H29N5/c1-5-8-14-19-15(17-4)12(3)16(20-14)18-13-9-7-10-21(6-2)11-13/h13H,5-11H2,1-4H3,(H2,17,18,19,20). The Kier molecular flexibility index (Phi) is 5.79. The van der Waals surface area contributed by atoms with Gasteiger partial charge in [0.1, 0.15) is 17.5 Å². The van der Waals surface area contributed by atoms with Crippen molar-refractivity contribution in [2.45, 2.75) is 52.5 Å². The first-order chi connectivity index (χ1) is 10.2. The van der Waals surface area contributed by atoms with E-state index >= 15 is 0 Å². The summed E-state index contributed by atoms with van der Waals surface area (Å²) in [6.07, 6.45) is 4.47. The van der Waals surface area contributed by atoms with Crippen molar-refractivity contribution in [2.24, 2.45) is 0 Å². The zero-order valence-electron chi connectivity index (χ0n) is 13.9. The summed E-state index contributed by atoms with van der Waals surface area (Å²) in [5.41, 5.74) is 1.12. The van der Waals surface area contributed by atoms with Crippen LogP contribution in [0.25, 0.3) is 0 Å². The van der Waals surface area contributed by atoms with Crippen molar-refractivity contribution in [1.29, 1.82) is 0 Å². The summed E-state index contributed by atoms with van der Waals surface area (Å²) >= 11 is 0. The number of piperidine rings is 1. The Morgan fingerprint density at radius 3 is 2.67 bits per heavy atom. The van der Waals surface area contributed by atoms with E-state index in [0.717, 1.165) is 49.0 Å². The molecule has 2 heterocycles. The number of anilines is 2. The predicted molar refractivity (Wildman–Crippen MR) is 89.1 cm³/mol. The quantitative estimate of drug-likeness (QED) is 0.844. The molecule has 2 rings (SSSR count). The van der Waals surface area contributed by atoms with E-state index in [9.17, 15) is 0 Å². The molecule has 1 atom stereocenters. The monoisotopic (exact) mass is 291 g/mol. The van der Waals surface area contributed by atoms with Crippen molar-refractivity contribution in [3.63, 3.8) is 0 Å². The third-order valence-corrected chi connectivity index (χ3v) is 4.20. The summed E-state index contributed by atoms with van der Waals surface area (Å²) < 4.78 is 0. The van der Waals surface area contributed by atoms with E-state index in [4.69, 9.17) is 4.98 Å². The van der Waals surface area contributed by atoms with E-state index in [1.807, 2.05) is 7.05 Å². The van der Waals surface area contributed by atoms with Crippen molar-refractivity contribution >= 4 is 11.6 Å². The number of hydrogen-bond donors (Lipinski definition) is 2. The lowest BCUT2D eigenvalue weighted by molar-refractivity contribution is 0.226. The lowest BCUT2D eigenvalue weighted by Crippen LogP contribution is -2.42. The Morgan fingerprint density at radius 1 is 1.24 bits per heavy atom. The molecule has 1 aromatic heterocycles. The zero-order chi connectivity index (χ0) is 15.2. The average Bonchev–Trinajstić information content (AvgIpc) is 2.50. The maximum atomic E-state index is 4.73. The van der Waals surface area contributed by atoms with E-state index < -0.39 is 0 Å². The van der Waals surface area contributed by atoms with Gasteiger partial charge < -0.3 is 15.5 Å². The van der Waals surface area contributed by atoms with Crippen molar-refractivity contribution in [1.82, 2.24) is 14.9 Å². The number of aromatic nitrogens is 2. The topological polar surface area (TPSA) is 53.1 Å². The molecular weight excluding hydrogens is 262 g/mol. The molecule has 0 saturated carbocycles. The van der Waals surface area contributed by atoms with Crippen LogP contribution >= 0.6 is 0 Å². The molecule has 1 aromatic rings. The normalized spacial score (nSPS) is 19.5. The molecule has 1 unspecified atom stereocenters. The highest BCUT2D eigenvalue weighted by molar-refractivity contribution is 5.57. The first-order valence-electron chi connectivity index (χ1n) is 8.22. The van der Waals surface area contributed by atoms with Crippen LogP contribution in [0.4, 0.5) is 11.6 Å². The van der Waals surface area contributed by atoms with Gasteiger partial charge in [0.05, 0.1) is 0 Å². The Morgan fingerprint density at radius 2 is 2.00 bits per heavy atom. The van der Waals surface area contributed by atoms with Gasteiger partial charge in [0, 0.05) is 31.6 Å². The van der Waals surface area contributed by atoms with Crippen LogP contribution in [0.15, 0.2) is 0 Å². The van der Waals surface area contributed by atoms with Crippen molar-refractivity contribution in [3.8, 4) is 0 Å². The predicted octanol–water partition coefficient (Wildman–Crippen LogP) is 2.68. The van der Waals surface area contributed by atoms with Crippen LogP contribution in [-0.2, 0) is 6.42 Å². The van der Waals surface area contributed by atoms with Gasteiger partial charge in [-0.25, -0.2) is 9.97 Å². The van der Waals surface area contributed by atoms with Gasteiger partial charge in [0.15, 0.2) is 0 Å². The molecule has 0 aliphatic carbocycles. The maximum absolute atomic E-state index is 4.73. The summed E-state index contributed by atoms with van der Waals surface area (Å²) in [4.78, 5) is 11.8. The van der Waals surface area contributed by atoms with Gasteiger partial charge in [0.25, 0.3) is 0 Å². The van der Waals surface area contributed by atoms with Crippen LogP contribution in [0.5, 0.6) is 0 Å². The molecule has 0 bridgehead atoms. The third-order valence-electron chi connectivity index (χ3n) is 4.20. The van der Waals surface area contributed by atoms with Gasteiger partial charge >= 0.3 is 0 Å². The molecule has 0 aromatic carbocycles. The van der Waals surface area contributed by atoms with Crippen molar-refractivity contribution in [2.75, 3.05) is 37.3 Å². The molecule has 1 fully saturated rings. The number of aryl methyl sites for hydroxylation is 1. The van der Waals surface area contributed by atoms with E-state index in [2.05, 4.69) is 41.3 Å². The minimum absolute atomic E-state index is 0.492. The summed E-state index contributed by atoms with van der Waals surface area (Å²) in [5.74, 6) is 2.87. The van der Waals surface area contributed by atoms with Crippen molar-refractivity contribution < 1.29 is 0 Å². The molecule has 2 N–H and O–H groups in total. The summed E-state index contributed by atoms with van der Waals surface area (Å²) in [5, 5.41) is 6.84. The largest absolute Gasteiger partial charge is 0.373 e. The molecule has 1 aliphatic rings. The SMILES string of the molecule is CCCc1nc(NC)c(C)c(NC2CCCN(CC)C2)n1. The molecule has 21 heavy (non-hydrogen) atoms. The molecule has 5 heteroatoms. The second-order valence-electron chi connectivity index (χ2n) is 5.84. The van der Waals surface area contributed by atoms with Crippen LogP contribution in [0, 0.1) is 6.92 Å². The minimum atomic E-state index is 0.492. The fourth-order valence-electron chi connectivity index (χ4n) is 2.94. The summed E-state index contributed by atoms with van der Waals surface area (Å²) in [6, 6.07) is 0.492. The molecule has 118 valence electrons. The lowest BCUT2D eigenvalue weighted by atomic mass is 10.1. The van der Waals surface area contributed by atoms with Crippen molar-refractivity contribution in [3.05, 3.63) is 11.4 Å². The van der Waals surface area contributed by atoms with Gasteiger partial charge in [-0.15, -0.1) is 0 Å². The van der Waals surface area contributed by atoms with Crippen LogP contribution in [0.3, 0.4) is 0 Å². The van der Waals surface area contributed by atoms with E-state index in [1.54, 1.807) is 0 Å². The van der Waals surface area contributed by atoms with E-state index in [1.165, 1.54) is 19.4 Å². The van der Waals surface area contributed by atoms with Gasteiger partial charge in [-0.3, -0.25) is 0 Å². The highest BCUT2D eigenvalue weighted by atomic mass is 15.2. The fourth-order valence-corrected chi connectivity index (χ4v) is 2.94. The van der Waals surface area contributed by atoms with Crippen LogP contribution in [0.1, 0.15) is 44.5 Å². The number of likely N-dealkylation sites (tertiary alicyclic amines) is 1. The number of nitrogens with zero attached hydrogens (tertiary/aromatic N) is 3. The Hall–Kier alpha value is -1.36. The minimum Gasteiger partial charge on any atom is -0.373 e. The van der Waals surface area contributed by atoms with Gasteiger partial charge in [0.2, 0.25) is 0 Å². The Balaban J connectivity index is 2.15. The fraction of sp³-hybridized carbons (Fsp3) is 0.750. The smallest absolute Gasteiger partial charge is 0.135 e. The Bertz CT molecular complexity index is 460. The maximum Gasteiger partial charge on any atom is 0.135 e. The van der Waals surface area contributed by atoms with Crippen LogP contribution in [-0.4, -0.2) is 47.6 Å². The molecule has 5 nitrogen and oxygen atoms in total.